The van der Waals surface area contributed by atoms with E-state index in [0.29, 0.717) is 17.2 Å². The first-order chi connectivity index (χ1) is 12.5. The predicted octanol–water partition coefficient (Wildman–Crippen LogP) is 2.32. The Bertz CT molecular complexity index is 1040. The van der Waals surface area contributed by atoms with E-state index in [9.17, 15) is 14.0 Å². The van der Waals surface area contributed by atoms with E-state index in [1.807, 2.05) is 0 Å². The second-order valence-corrected chi connectivity index (χ2v) is 5.32. The highest BCUT2D eigenvalue weighted by Crippen LogP contribution is 2.38. The number of hydrogen-bond donors (Lipinski definition) is 1. The Hall–Kier alpha value is -3.42. The number of rotatable bonds is 5. The summed E-state index contributed by atoms with van der Waals surface area (Å²) in [5.41, 5.74) is -0.208. The van der Waals surface area contributed by atoms with Crippen LogP contribution >= 0.6 is 0 Å². The van der Waals surface area contributed by atoms with Crippen LogP contribution in [0.3, 0.4) is 0 Å². The standard InChI is InChI=1S/C18H15FN2O5/c1-24-13-6-9(7-14(25-2)16(13)26-3)15(22)17-20-12-5-4-10(19)8-11(12)18(23)21-17/h4-8H,1-3H3,(H,20,21,23). The number of fused-ring (bicyclic) bond motifs is 1. The molecule has 0 bridgehead atoms. The highest BCUT2D eigenvalue weighted by molar-refractivity contribution is 6.08. The molecule has 0 amide bonds. The summed E-state index contributed by atoms with van der Waals surface area (Å²) in [6, 6.07) is 6.49. The maximum Gasteiger partial charge on any atom is 0.259 e. The van der Waals surface area contributed by atoms with Crippen molar-refractivity contribution >= 4 is 16.7 Å². The van der Waals surface area contributed by atoms with Crippen LogP contribution in [0.25, 0.3) is 10.9 Å². The van der Waals surface area contributed by atoms with Crippen LogP contribution < -0.4 is 19.8 Å². The zero-order valence-electron chi connectivity index (χ0n) is 14.3. The SMILES string of the molecule is COc1cc(C(=O)c2nc3ccc(F)cc3c(=O)[nH]2)cc(OC)c1OC. The number of benzene rings is 2. The zero-order valence-corrected chi connectivity index (χ0v) is 14.3. The molecule has 0 spiro atoms. The Morgan fingerprint density at radius 1 is 1.04 bits per heavy atom. The van der Waals surface area contributed by atoms with Crippen LogP contribution in [0.5, 0.6) is 17.2 Å². The number of methoxy groups -OCH3 is 3. The van der Waals surface area contributed by atoms with Gasteiger partial charge in [-0.15, -0.1) is 0 Å². The summed E-state index contributed by atoms with van der Waals surface area (Å²) in [4.78, 5) is 31.4. The van der Waals surface area contributed by atoms with Gasteiger partial charge in [0.05, 0.1) is 32.2 Å². The first kappa shape index (κ1) is 17.4. The van der Waals surface area contributed by atoms with Crippen molar-refractivity contribution in [1.29, 1.82) is 0 Å². The highest BCUT2D eigenvalue weighted by Gasteiger charge is 2.20. The fraction of sp³-hybridized carbons (Fsp3) is 0.167. The van der Waals surface area contributed by atoms with E-state index in [1.165, 1.54) is 45.6 Å². The summed E-state index contributed by atoms with van der Waals surface area (Å²) in [7, 11) is 4.30. The lowest BCUT2D eigenvalue weighted by atomic mass is 10.1. The molecule has 7 nitrogen and oxygen atoms in total. The van der Waals surface area contributed by atoms with Crippen LogP contribution in [0, 0.1) is 5.82 Å². The molecular weight excluding hydrogens is 343 g/mol. The van der Waals surface area contributed by atoms with Gasteiger partial charge in [-0.2, -0.15) is 0 Å². The van der Waals surface area contributed by atoms with Crippen molar-refractivity contribution in [2.24, 2.45) is 0 Å². The highest BCUT2D eigenvalue weighted by atomic mass is 19.1. The normalized spacial score (nSPS) is 10.6. The number of H-pyrrole nitrogens is 1. The average Bonchev–Trinajstić information content (AvgIpc) is 2.66. The monoisotopic (exact) mass is 358 g/mol. The van der Waals surface area contributed by atoms with Gasteiger partial charge in [0.15, 0.2) is 17.3 Å². The molecule has 1 heterocycles. The van der Waals surface area contributed by atoms with Gasteiger partial charge in [-0.25, -0.2) is 9.37 Å². The van der Waals surface area contributed by atoms with E-state index in [2.05, 4.69) is 9.97 Å². The minimum Gasteiger partial charge on any atom is -0.493 e. The van der Waals surface area contributed by atoms with Crippen LogP contribution in [0.2, 0.25) is 0 Å². The molecule has 26 heavy (non-hydrogen) atoms. The summed E-state index contributed by atoms with van der Waals surface area (Å²) < 4.78 is 29.0. The van der Waals surface area contributed by atoms with Gasteiger partial charge in [-0.05, 0) is 30.3 Å². The van der Waals surface area contributed by atoms with Gasteiger partial charge in [0.1, 0.15) is 5.82 Å². The molecule has 0 atom stereocenters. The van der Waals surface area contributed by atoms with Crippen molar-refractivity contribution < 1.29 is 23.4 Å². The molecule has 0 aliphatic rings. The molecule has 0 aliphatic heterocycles. The molecular formula is C18H15FN2O5. The smallest absolute Gasteiger partial charge is 0.259 e. The number of ketones is 1. The van der Waals surface area contributed by atoms with Gasteiger partial charge in [-0.1, -0.05) is 0 Å². The lowest BCUT2D eigenvalue weighted by Crippen LogP contribution is -2.17. The van der Waals surface area contributed by atoms with Crippen LogP contribution in [0.4, 0.5) is 4.39 Å². The molecule has 0 fully saturated rings. The van der Waals surface area contributed by atoms with E-state index in [0.717, 1.165) is 6.07 Å². The minimum atomic E-state index is -0.606. The van der Waals surface area contributed by atoms with Gasteiger partial charge >= 0.3 is 0 Å². The summed E-state index contributed by atoms with van der Waals surface area (Å²) in [5.74, 6) is -0.368. The van der Waals surface area contributed by atoms with Crippen molar-refractivity contribution in [1.82, 2.24) is 9.97 Å². The van der Waals surface area contributed by atoms with Crippen molar-refractivity contribution in [2.75, 3.05) is 21.3 Å². The first-order valence-electron chi connectivity index (χ1n) is 7.52. The quantitative estimate of drug-likeness (QED) is 0.704. The minimum absolute atomic E-state index is 0.0615. The van der Waals surface area contributed by atoms with Crippen molar-refractivity contribution in [3.8, 4) is 17.2 Å². The third-order valence-corrected chi connectivity index (χ3v) is 3.81. The number of aromatic nitrogens is 2. The Labute approximate surface area is 147 Å². The van der Waals surface area contributed by atoms with E-state index in [-0.39, 0.29) is 22.3 Å². The lowest BCUT2D eigenvalue weighted by molar-refractivity contribution is 0.102. The molecule has 0 saturated carbocycles. The summed E-state index contributed by atoms with van der Waals surface area (Å²) in [6.07, 6.45) is 0. The average molecular weight is 358 g/mol. The van der Waals surface area contributed by atoms with E-state index in [1.54, 1.807) is 0 Å². The maximum atomic E-state index is 13.3. The Kier molecular flexibility index (Phi) is 4.57. The van der Waals surface area contributed by atoms with Crippen LogP contribution in [-0.2, 0) is 0 Å². The van der Waals surface area contributed by atoms with Gasteiger partial charge in [0, 0.05) is 5.56 Å². The van der Waals surface area contributed by atoms with Crippen LogP contribution in [0.1, 0.15) is 16.2 Å². The third-order valence-electron chi connectivity index (χ3n) is 3.81. The number of carbonyl (C=O) groups is 1. The number of halogens is 1. The Balaban J connectivity index is 2.14. The number of hydrogen-bond acceptors (Lipinski definition) is 6. The summed E-state index contributed by atoms with van der Waals surface area (Å²) in [5, 5.41) is 0.0615. The zero-order chi connectivity index (χ0) is 18.8. The number of ether oxygens (including phenoxy) is 3. The fourth-order valence-corrected chi connectivity index (χ4v) is 2.57. The van der Waals surface area contributed by atoms with Gasteiger partial charge in [0.25, 0.3) is 5.56 Å². The largest absolute Gasteiger partial charge is 0.493 e. The van der Waals surface area contributed by atoms with Gasteiger partial charge in [-0.3, -0.25) is 9.59 Å². The summed E-state index contributed by atoms with van der Waals surface area (Å²) in [6.45, 7) is 0. The molecule has 0 aliphatic carbocycles. The van der Waals surface area contributed by atoms with E-state index < -0.39 is 17.2 Å². The van der Waals surface area contributed by atoms with Crippen LogP contribution in [-0.4, -0.2) is 37.1 Å². The molecule has 8 heteroatoms. The molecule has 1 N–H and O–H groups in total. The van der Waals surface area contributed by atoms with Crippen LogP contribution in [0.15, 0.2) is 35.1 Å². The molecule has 0 saturated heterocycles. The van der Waals surface area contributed by atoms with E-state index in [4.69, 9.17) is 14.2 Å². The number of carbonyl (C=O) groups excluding carboxylic acids is 1. The predicted molar refractivity (Wildman–Crippen MR) is 91.9 cm³/mol. The Morgan fingerprint density at radius 3 is 2.27 bits per heavy atom. The first-order valence-corrected chi connectivity index (χ1v) is 7.52. The van der Waals surface area contributed by atoms with Crippen molar-refractivity contribution in [3.63, 3.8) is 0 Å². The maximum absolute atomic E-state index is 13.3. The molecule has 134 valence electrons. The third kappa shape index (κ3) is 2.97. The second-order valence-electron chi connectivity index (χ2n) is 5.32. The second kappa shape index (κ2) is 6.83. The molecule has 1 aromatic heterocycles. The number of nitrogens with one attached hydrogen (secondary N) is 1. The molecule has 3 aromatic rings. The Morgan fingerprint density at radius 2 is 1.69 bits per heavy atom. The molecule has 2 aromatic carbocycles. The molecule has 0 unspecified atom stereocenters. The van der Waals surface area contributed by atoms with Gasteiger partial charge < -0.3 is 19.2 Å². The molecule has 3 rings (SSSR count). The van der Waals surface area contributed by atoms with E-state index >= 15 is 0 Å². The summed E-state index contributed by atoms with van der Waals surface area (Å²) >= 11 is 0. The number of nitrogens with zero attached hydrogens (tertiary/aromatic N) is 1. The lowest BCUT2D eigenvalue weighted by Gasteiger charge is -2.13. The number of aromatic amines is 1. The molecule has 0 radical (unpaired) electrons. The van der Waals surface area contributed by atoms with Crippen molar-refractivity contribution in [3.05, 3.63) is 57.9 Å². The van der Waals surface area contributed by atoms with Crippen molar-refractivity contribution in [2.45, 2.75) is 0 Å². The topological polar surface area (TPSA) is 90.5 Å². The van der Waals surface area contributed by atoms with Gasteiger partial charge in [0.2, 0.25) is 11.5 Å². The fourth-order valence-electron chi connectivity index (χ4n) is 2.57.